The van der Waals surface area contributed by atoms with E-state index in [1.165, 1.54) is 65.4 Å². The van der Waals surface area contributed by atoms with Crippen molar-refractivity contribution in [2.75, 3.05) is 0 Å². The van der Waals surface area contributed by atoms with Crippen LogP contribution in [0.4, 0.5) is 0 Å². The first-order chi connectivity index (χ1) is 34.2. The van der Waals surface area contributed by atoms with Gasteiger partial charge in [0.25, 0.3) is 0 Å². The second-order valence-electron chi connectivity index (χ2n) is 18.3. The van der Waals surface area contributed by atoms with E-state index >= 15 is 0 Å². The van der Waals surface area contributed by atoms with Crippen molar-refractivity contribution < 1.29 is 0 Å². The first kappa shape index (κ1) is 39.8. The Hall–Kier alpha value is -8.37. The molecule has 2 nitrogen and oxygen atoms in total. The zero-order chi connectivity index (χ0) is 45.5. The van der Waals surface area contributed by atoms with Crippen molar-refractivity contribution in [2.45, 2.75) is 20.6 Å². The number of rotatable bonds is 5. The molecule has 0 unspecified atom stereocenters. The Morgan fingerprint density at radius 3 is 1.32 bits per heavy atom. The molecule has 1 aromatic heterocycles. The van der Waals surface area contributed by atoms with Crippen molar-refractivity contribution in [3.63, 3.8) is 0 Å². The largest absolute Gasteiger partial charge is 0.228 e. The molecule has 0 fully saturated rings. The predicted molar refractivity (Wildman–Crippen MR) is 283 cm³/mol. The third kappa shape index (κ3) is 5.81. The van der Waals surface area contributed by atoms with E-state index in [1.807, 2.05) is 17.8 Å². The lowest BCUT2D eigenvalue weighted by atomic mass is 9.51. The van der Waals surface area contributed by atoms with Crippen molar-refractivity contribution in [1.82, 2.24) is 9.97 Å². The van der Waals surface area contributed by atoms with Crippen molar-refractivity contribution in [3.05, 3.63) is 299 Å². The van der Waals surface area contributed by atoms with Gasteiger partial charge in [-0.2, -0.15) is 0 Å². The lowest BCUT2D eigenvalue weighted by Crippen LogP contribution is -2.45. The third-order valence-electron chi connectivity index (χ3n) is 14.9. The number of hydrogen-bond donors (Lipinski definition) is 0. The second kappa shape index (κ2) is 15.6. The smallest absolute Gasteiger partial charge is 0.160 e. The van der Waals surface area contributed by atoms with Crippen molar-refractivity contribution in [2.24, 2.45) is 0 Å². The molecular weight excluding hydrogens is 853 g/mol. The summed E-state index contributed by atoms with van der Waals surface area (Å²) in [6, 6.07) is 93.6. The van der Waals surface area contributed by atoms with Crippen LogP contribution >= 0.6 is 11.8 Å². The van der Waals surface area contributed by atoms with Crippen LogP contribution in [0.15, 0.2) is 265 Å². The lowest BCUT2D eigenvalue weighted by Gasteiger charge is -2.51. The molecule has 0 N–H and O–H groups in total. The van der Waals surface area contributed by atoms with Gasteiger partial charge in [-0.05, 0) is 108 Å². The quantitative estimate of drug-likeness (QED) is 0.172. The number of nitrogens with zero attached hydrogens (tertiary/aromatic N) is 2. The van der Waals surface area contributed by atoms with Gasteiger partial charge in [-0.15, -0.1) is 0 Å². The Kier molecular flexibility index (Phi) is 8.99. The van der Waals surface area contributed by atoms with E-state index in [1.54, 1.807) is 0 Å². The number of aromatic nitrogens is 2. The third-order valence-corrected chi connectivity index (χ3v) is 16.0. The van der Waals surface area contributed by atoms with Gasteiger partial charge in [-0.25, -0.2) is 9.97 Å². The summed E-state index contributed by atoms with van der Waals surface area (Å²) in [5.41, 5.74) is 21.6. The fourth-order valence-corrected chi connectivity index (χ4v) is 13.3. The summed E-state index contributed by atoms with van der Waals surface area (Å²) in [7, 11) is 0. The summed E-state index contributed by atoms with van der Waals surface area (Å²) in [5.74, 6) is 0.690. The molecule has 2 heterocycles. The van der Waals surface area contributed by atoms with Crippen LogP contribution in [0, 0.1) is 0 Å². The number of hydrogen-bond acceptors (Lipinski definition) is 3. The van der Waals surface area contributed by atoms with E-state index in [4.69, 9.17) is 9.97 Å². The van der Waals surface area contributed by atoms with Crippen LogP contribution in [0.25, 0.3) is 67.3 Å². The topological polar surface area (TPSA) is 25.8 Å². The Bertz CT molecular complexity index is 3740. The number of fused-ring (bicyclic) bond motifs is 15. The van der Waals surface area contributed by atoms with Crippen molar-refractivity contribution >= 4 is 11.8 Å². The molecule has 69 heavy (non-hydrogen) atoms. The molecule has 0 saturated heterocycles. The van der Waals surface area contributed by atoms with E-state index in [9.17, 15) is 0 Å². The van der Waals surface area contributed by atoms with Crippen LogP contribution in [0.3, 0.4) is 0 Å². The zero-order valence-electron chi connectivity index (χ0n) is 37.6. The van der Waals surface area contributed by atoms with Crippen molar-refractivity contribution in [3.8, 4) is 67.3 Å². The SMILES string of the molecule is c1ccc(-c2cc(-c3ccccc3-c3ccccc3)nc(-c3cccc(-c4ccc5c(c4)-c4ccccc4C54c5ccccc5C5(c6ccccc6Sc6ccccc65)c5ccccc54)c3)n2)cc1. The Morgan fingerprint density at radius 2 is 0.681 bits per heavy atom. The summed E-state index contributed by atoms with van der Waals surface area (Å²) in [6.07, 6.45) is 0. The fourth-order valence-electron chi connectivity index (χ4n) is 12.1. The van der Waals surface area contributed by atoms with Crippen molar-refractivity contribution in [1.29, 1.82) is 0 Å². The summed E-state index contributed by atoms with van der Waals surface area (Å²) in [4.78, 5) is 13.2. The van der Waals surface area contributed by atoms with E-state index in [0.717, 1.165) is 50.3 Å². The molecule has 2 spiro atoms. The standard InChI is InChI=1S/C66H42N2S/c1-3-20-43(21-4-1)48-26-7-8-28-50(48)61-42-60(44-22-5-2-6-23-44)67-64(68-61)47-25-19-24-45(40-47)46-38-39-53-51(41-46)49-27-9-10-29-52(49)65(53)54-30-11-13-32-56(54)66(57-33-14-12-31-55(57)65)58-34-15-17-36-62(58)69-63-37-18-16-35-59(63)66/h1-42H. The second-order valence-corrected chi connectivity index (χ2v) is 19.4. The molecule has 0 amide bonds. The molecule has 0 bridgehead atoms. The van der Waals surface area contributed by atoms with Gasteiger partial charge in [0.1, 0.15) is 0 Å². The van der Waals surface area contributed by atoms with E-state index in [2.05, 4.69) is 249 Å². The van der Waals surface area contributed by atoms with Gasteiger partial charge in [0.15, 0.2) is 5.82 Å². The van der Waals surface area contributed by atoms with E-state index < -0.39 is 10.8 Å². The molecule has 11 aromatic rings. The molecule has 1 aliphatic heterocycles. The average molecular weight is 895 g/mol. The molecule has 3 aliphatic rings. The highest BCUT2D eigenvalue weighted by atomic mass is 32.2. The van der Waals surface area contributed by atoms with Crippen LogP contribution in [0.5, 0.6) is 0 Å². The number of benzene rings is 10. The molecule has 0 atom stereocenters. The predicted octanol–water partition coefficient (Wildman–Crippen LogP) is 16.3. The van der Waals surface area contributed by atoms with Crippen LogP contribution < -0.4 is 0 Å². The maximum absolute atomic E-state index is 5.36. The molecule has 10 aromatic carbocycles. The summed E-state index contributed by atoms with van der Waals surface area (Å²) >= 11 is 1.89. The van der Waals surface area contributed by atoms with Gasteiger partial charge >= 0.3 is 0 Å². The maximum atomic E-state index is 5.36. The lowest BCUT2D eigenvalue weighted by molar-refractivity contribution is 0.605. The molecular formula is C66H42N2S. The molecule has 3 heteroatoms. The Morgan fingerprint density at radius 1 is 0.246 bits per heavy atom. The van der Waals surface area contributed by atoms with Gasteiger partial charge in [0, 0.05) is 26.5 Å². The fraction of sp³-hybridized carbons (Fsp3) is 0.0303. The summed E-state index contributed by atoms with van der Waals surface area (Å²) in [5, 5.41) is 0. The van der Waals surface area contributed by atoms with Gasteiger partial charge < -0.3 is 0 Å². The average Bonchev–Trinajstić information content (AvgIpc) is 3.72. The highest BCUT2D eigenvalue weighted by Crippen LogP contribution is 2.67. The van der Waals surface area contributed by atoms with Crippen LogP contribution in [0.1, 0.15) is 44.5 Å². The first-order valence-corrected chi connectivity index (χ1v) is 24.5. The summed E-state index contributed by atoms with van der Waals surface area (Å²) in [6.45, 7) is 0. The zero-order valence-corrected chi connectivity index (χ0v) is 38.4. The van der Waals surface area contributed by atoms with Gasteiger partial charge in [0.05, 0.1) is 22.2 Å². The van der Waals surface area contributed by atoms with Gasteiger partial charge in [0.2, 0.25) is 0 Å². The summed E-state index contributed by atoms with van der Waals surface area (Å²) < 4.78 is 0. The Labute approximate surface area is 406 Å². The van der Waals surface area contributed by atoms with E-state index in [0.29, 0.717) is 5.82 Å². The normalized spacial score (nSPS) is 14.0. The minimum absolute atomic E-state index is 0.502. The highest BCUT2D eigenvalue weighted by molar-refractivity contribution is 7.99. The van der Waals surface area contributed by atoms with Gasteiger partial charge in [-0.1, -0.05) is 236 Å². The minimum atomic E-state index is -0.544. The van der Waals surface area contributed by atoms with Crippen LogP contribution in [-0.4, -0.2) is 9.97 Å². The van der Waals surface area contributed by atoms with E-state index in [-0.39, 0.29) is 0 Å². The monoisotopic (exact) mass is 894 g/mol. The molecule has 0 saturated carbocycles. The first-order valence-electron chi connectivity index (χ1n) is 23.7. The molecule has 2 aliphatic carbocycles. The highest BCUT2D eigenvalue weighted by Gasteiger charge is 2.58. The van der Waals surface area contributed by atoms with Crippen LogP contribution in [-0.2, 0) is 10.8 Å². The molecule has 14 rings (SSSR count). The maximum Gasteiger partial charge on any atom is 0.160 e. The molecule has 322 valence electrons. The van der Waals surface area contributed by atoms with Gasteiger partial charge in [-0.3, -0.25) is 0 Å². The van der Waals surface area contributed by atoms with Crippen LogP contribution in [0.2, 0.25) is 0 Å². The minimum Gasteiger partial charge on any atom is -0.228 e. The Balaban J connectivity index is 0.950. The molecule has 0 radical (unpaired) electrons.